The first-order chi connectivity index (χ1) is 14.8. The molecule has 162 valence electrons. The lowest BCUT2D eigenvalue weighted by Crippen LogP contribution is -2.25. The molecule has 0 aliphatic rings. The average Bonchev–Trinajstić information content (AvgIpc) is 3.18. The van der Waals surface area contributed by atoms with Crippen LogP contribution in [-0.2, 0) is 15.8 Å². The highest BCUT2D eigenvalue weighted by molar-refractivity contribution is 7.98. The monoisotopic (exact) mass is 460 g/mol. The molecule has 0 radical (unpaired) electrons. The van der Waals surface area contributed by atoms with Crippen LogP contribution in [0.5, 0.6) is 0 Å². The molecule has 2 N–H and O–H groups in total. The molecule has 0 fully saturated rings. The molecular weight excluding hydrogens is 439 g/mol. The zero-order valence-corrected chi connectivity index (χ0v) is 18.3. The van der Waals surface area contributed by atoms with Crippen LogP contribution in [0.25, 0.3) is 5.69 Å². The van der Waals surface area contributed by atoms with Gasteiger partial charge in [0.05, 0.1) is 11.9 Å². The molecule has 0 aliphatic heterocycles. The number of hydrogen-bond acceptors (Lipinski definition) is 5. The highest BCUT2D eigenvalue weighted by Gasteiger charge is 2.18. The van der Waals surface area contributed by atoms with Crippen LogP contribution in [0.15, 0.2) is 72.5 Å². The summed E-state index contributed by atoms with van der Waals surface area (Å²) in [6.07, 6.45) is 4.76. The van der Waals surface area contributed by atoms with Crippen molar-refractivity contribution in [3.63, 3.8) is 0 Å². The molecule has 0 unspecified atom stereocenters. The number of halogens is 1. The van der Waals surface area contributed by atoms with E-state index in [4.69, 9.17) is 0 Å². The molecule has 0 saturated heterocycles. The summed E-state index contributed by atoms with van der Waals surface area (Å²) in [5.74, 6) is -0.948. The zero-order chi connectivity index (χ0) is 22.4. The van der Waals surface area contributed by atoms with Crippen LogP contribution in [0.4, 0.5) is 10.1 Å². The Morgan fingerprint density at radius 1 is 1.19 bits per heavy atom. The average molecular weight is 461 g/mol. The number of sulfonamides is 1. The molecule has 1 heterocycles. The molecule has 0 spiro atoms. The van der Waals surface area contributed by atoms with Crippen LogP contribution in [0.3, 0.4) is 0 Å². The number of rotatable bonds is 9. The predicted octanol–water partition coefficient (Wildman–Crippen LogP) is 3.59. The lowest BCUT2D eigenvalue weighted by molar-refractivity contribution is 0.102. The van der Waals surface area contributed by atoms with Crippen LogP contribution in [-0.4, -0.2) is 36.7 Å². The molecule has 7 nitrogen and oxygen atoms in total. The minimum atomic E-state index is -3.46. The van der Waals surface area contributed by atoms with Gasteiger partial charge in [0.15, 0.2) is 5.16 Å². The van der Waals surface area contributed by atoms with Crippen LogP contribution in [0.2, 0.25) is 0 Å². The summed E-state index contributed by atoms with van der Waals surface area (Å²) < 4.78 is 41.3. The van der Waals surface area contributed by atoms with E-state index in [1.165, 1.54) is 36.2 Å². The van der Waals surface area contributed by atoms with Crippen molar-refractivity contribution in [3.05, 3.63) is 84.5 Å². The standard InChI is InChI=1S/C21H21FN4O3S2/c1-3-12-24-31(28,29)14-15-4-8-17(9-5-15)25-20(27)19-13-23-21(30-2)26(19)18-10-6-16(22)7-11-18/h3-11,13,24H,1,12,14H2,2H3,(H,25,27). The Bertz CT molecular complexity index is 1170. The van der Waals surface area contributed by atoms with Crippen molar-refractivity contribution in [1.29, 1.82) is 0 Å². The van der Waals surface area contributed by atoms with Gasteiger partial charge < -0.3 is 5.32 Å². The number of imidazole rings is 1. The van der Waals surface area contributed by atoms with Crippen LogP contribution in [0.1, 0.15) is 16.1 Å². The van der Waals surface area contributed by atoms with E-state index in [1.54, 1.807) is 41.0 Å². The molecule has 3 aromatic rings. The SMILES string of the molecule is C=CCNS(=O)(=O)Cc1ccc(NC(=O)c2cnc(SC)n2-c2ccc(F)cc2)cc1. The smallest absolute Gasteiger partial charge is 0.274 e. The van der Waals surface area contributed by atoms with Gasteiger partial charge in [-0.25, -0.2) is 22.5 Å². The van der Waals surface area contributed by atoms with Crippen molar-refractivity contribution in [2.24, 2.45) is 0 Å². The molecule has 1 amide bonds. The van der Waals surface area contributed by atoms with Gasteiger partial charge in [-0.2, -0.15) is 0 Å². The van der Waals surface area contributed by atoms with Crippen molar-refractivity contribution in [2.45, 2.75) is 10.9 Å². The summed E-state index contributed by atoms with van der Waals surface area (Å²) in [7, 11) is -3.46. The molecule has 2 aromatic carbocycles. The number of hydrogen-bond donors (Lipinski definition) is 2. The molecule has 0 aliphatic carbocycles. The van der Waals surface area contributed by atoms with Crippen molar-refractivity contribution in [3.8, 4) is 5.69 Å². The number of carbonyl (C=O) groups excluding carboxylic acids is 1. The number of anilines is 1. The first-order valence-electron chi connectivity index (χ1n) is 9.19. The highest BCUT2D eigenvalue weighted by atomic mass is 32.2. The summed E-state index contributed by atoms with van der Waals surface area (Å²) in [5, 5.41) is 3.37. The maximum atomic E-state index is 13.3. The fourth-order valence-electron chi connectivity index (χ4n) is 2.81. The first kappa shape index (κ1) is 22.7. The maximum absolute atomic E-state index is 13.3. The van der Waals surface area contributed by atoms with Gasteiger partial charge in [0.25, 0.3) is 5.91 Å². The Morgan fingerprint density at radius 3 is 2.48 bits per heavy atom. The van der Waals surface area contributed by atoms with Gasteiger partial charge >= 0.3 is 0 Å². The quantitative estimate of drug-likeness (QED) is 0.376. The molecule has 31 heavy (non-hydrogen) atoms. The van der Waals surface area contributed by atoms with Gasteiger partial charge in [-0.05, 0) is 48.2 Å². The Balaban J connectivity index is 1.77. The third-order valence-corrected chi connectivity index (χ3v) is 6.22. The lowest BCUT2D eigenvalue weighted by atomic mass is 10.2. The molecule has 0 saturated carbocycles. The summed E-state index contributed by atoms with van der Waals surface area (Å²) in [6, 6.07) is 12.3. The van der Waals surface area contributed by atoms with Crippen molar-refractivity contribution in [1.82, 2.24) is 14.3 Å². The third-order valence-electron chi connectivity index (χ3n) is 4.25. The van der Waals surface area contributed by atoms with E-state index in [-0.39, 0.29) is 23.8 Å². The third kappa shape index (κ3) is 5.81. The zero-order valence-electron chi connectivity index (χ0n) is 16.7. The lowest BCUT2D eigenvalue weighted by Gasteiger charge is -2.12. The molecule has 1 aromatic heterocycles. The first-order valence-corrected chi connectivity index (χ1v) is 12.1. The number of aromatic nitrogens is 2. The number of benzene rings is 2. The Hall–Kier alpha value is -2.95. The van der Waals surface area contributed by atoms with E-state index in [2.05, 4.69) is 21.6 Å². The largest absolute Gasteiger partial charge is 0.321 e. The summed E-state index contributed by atoms with van der Waals surface area (Å²) in [6.45, 7) is 3.64. The number of thioether (sulfide) groups is 1. The van der Waals surface area contributed by atoms with Crippen molar-refractivity contribution >= 4 is 33.4 Å². The second-order valence-electron chi connectivity index (χ2n) is 6.49. The summed E-state index contributed by atoms with van der Waals surface area (Å²) in [4.78, 5) is 17.1. The molecule has 3 rings (SSSR count). The van der Waals surface area contributed by atoms with Crippen LogP contribution < -0.4 is 10.0 Å². The topological polar surface area (TPSA) is 93.1 Å². The highest BCUT2D eigenvalue weighted by Crippen LogP contribution is 2.23. The normalized spacial score (nSPS) is 11.3. The fraction of sp³-hybridized carbons (Fsp3) is 0.143. The van der Waals surface area contributed by atoms with Gasteiger partial charge in [-0.15, -0.1) is 6.58 Å². The van der Waals surface area contributed by atoms with Gasteiger partial charge in [-0.3, -0.25) is 9.36 Å². The summed E-state index contributed by atoms with van der Waals surface area (Å²) in [5.41, 5.74) is 1.98. The van der Waals surface area contributed by atoms with E-state index >= 15 is 0 Å². The molecule has 10 heteroatoms. The Kier molecular flexibility index (Phi) is 7.26. The number of nitrogens with zero attached hydrogens (tertiary/aromatic N) is 2. The van der Waals surface area contributed by atoms with Crippen molar-refractivity contribution in [2.75, 3.05) is 18.1 Å². The van der Waals surface area contributed by atoms with E-state index in [0.717, 1.165) is 0 Å². The van der Waals surface area contributed by atoms with E-state index in [9.17, 15) is 17.6 Å². The van der Waals surface area contributed by atoms with Crippen LogP contribution >= 0.6 is 11.8 Å². The van der Waals surface area contributed by atoms with E-state index < -0.39 is 15.9 Å². The van der Waals surface area contributed by atoms with Crippen LogP contribution in [0, 0.1) is 5.82 Å². The van der Waals surface area contributed by atoms with Gasteiger partial charge in [0, 0.05) is 17.9 Å². The van der Waals surface area contributed by atoms with E-state index in [0.29, 0.717) is 22.1 Å². The number of carbonyl (C=O) groups is 1. The van der Waals surface area contributed by atoms with Gasteiger partial charge in [-0.1, -0.05) is 30.0 Å². The number of amides is 1. The van der Waals surface area contributed by atoms with Gasteiger partial charge in [0.1, 0.15) is 11.5 Å². The Morgan fingerprint density at radius 2 is 1.87 bits per heavy atom. The summed E-state index contributed by atoms with van der Waals surface area (Å²) >= 11 is 1.36. The Labute approximate surface area is 184 Å². The van der Waals surface area contributed by atoms with Crippen molar-refractivity contribution < 1.29 is 17.6 Å². The minimum absolute atomic E-state index is 0.163. The second-order valence-corrected chi connectivity index (χ2v) is 9.07. The second kappa shape index (κ2) is 9.90. The molecule has 0 bridgehead atoms. The van der Waals surface area contributed by atoms with E-state index in [1.807, 2.05) is 6.26 Å². The fourth-order valence-corrected chi connectivity index (χ4v) is 4.46. The van der Waals surface area contributed by atoms with Gasteiger partial charge in [0.2, 0.25) is 10.0 Å². The molecule has 0 atom stereocenters. The predicted molar refractivity (Wildman–Crippen MR) is 121 cm³/mol. The number of nitrogens with one attached hydrogen (secondary N) is 2. The maximum Gasteiger partial charge on any atom is 0.274 e. The molecular formula is C21H21FN4O3S2. The minimum Gasteiger partial charge on any atom is -0.321 e.